The zero-order valence-electron chi connectivity index (χ0n) is 13.1. The summed E-state index contributed by atoms with van der Waals surface area (Å²) in [5.41, 5.74) is 2.64. The van der Waals surface area contributed by atoms with Gasteiger partial charge in [-0.15, -0.1) is 0 Å². The molecular weight excluding hydrogens is 248 g/mol. The van der Waals surface area contributed by atoms with Gasteiger partial charge in [-0.1, -0.05) is 25.8 Å². The summed E-state index contributed by atoms with van der Waals surface area (Å²) in [6.45, 7) is 5.29. The molecule has 1 aromatic rings. The third-order valence-corrected chi connectivity index (χ3v) is 4.35. The van der Waals surface area contributed by atoms with Crippen LogP contribution in [0.1, 0.15) is 43.7 Å². The molecule has 1 aliphatic rings. The van der Waals surface area contributed by atoms with E-state index in [-0.39, 0.29) is 0 Å². The fraction of sp³-hybridized carbons (Fsp3) is 0.647. The second-order valence-corrected chi connectivity index (χ2v) is 5.68. The second-order valence-electron chi connectivity index (χ2n) is 5.68. The van der Waals surface area contributed by atoms with Gasteiger partial charge in [-0.25, -0.2) is 0 Å². The first-order valence-corrected chi connectivity index (χ1v) is 7.83. The topological polar surface area (TPSA) is 24.5 Å². The van der Waals surface area contributed by atoms with Crippen LogP contribution < -0.4 is 10.1 Å². The van der Waals surface area contributed by atoms with Gasteiger partial charge in [0.2, 0.25) is 0 Å². The zero-order valence-corrected chi connectivity index (χ0v) is 13.1. The van der Waals surface area contributed by atoms with Gasteiger partial charge in [0.15, 0.2) is 0 Å². The van der Waals surface area contributed by atoms with Crippen LogP contribution in [0.3, 0.4) is 0 Å². The molecule has 1 aromatic carbocycles. The number of hydrogen-bond acceptors (Lipinski definition) is 3. The van der Waals surface area contributed by atoms with Crippen LogP contribution in [0.2, 0.25) is 0 Å². The summed E-state index contributed by atoms with van der Waals surface area (Å²) in [4.78, 5) is 2.61. The highest BCUT2D eigenvalue weighted by molar-refractivity contribution is 5.37. The van der Waals surface area contributed by atoms with E-state index in [0.717, 1.165) is 31.4 Å². The fourth-order valence-electron chi connectivity index (χ4n) is 3.26. The van der Waals surface area contributed by atoms with E-state index in [4.69, 9.17) is 4.74 Å². The van der Waals surface area contributed by atoms with Gasteiger partial charge in [-0.2, -0.15) is 0 Å². The molecule has 112 valence electrons. The molecule has 3 nitrogen and oxygen atoms in total. The minimum absolute atomic E-state index is 0.762. The molecule has 0 atom stereocenters. The zero-order chi connectivity index (χ0) is 14.4. The summed E-state index contributed by atoms with van der Waals surface area (Å²) >= 11 is 0. The standard InChI is InChI=1S/C17H28N2O/c1-4-19(16-7-5-6-8-16)13-15-11-14(12-18-2)9-10-17(15)20-3/h9-11,16,18H,4-8,12-13H2,1-3H3. The summed E-state index contributed by atoms with van der Waals surface area (Å²) in [6.07, 6.45) is 5.48. The number of nitrogens with zero attached hydrogens (tertiary/aromatic N) is 1. The third kappa shape index (κ3) is 3.74. The predicted molar refractivity (Wildman–Crippen MR) is 84.1 cm³/mol. The normalized spacial score (nSPS) is 16.0. The number of methoxy groups -OCH3 is 1. The van der Waals surface area contributed by atoms with Gasteiger partial charge in [0.25, 0.3) is 0 Å². The van der Waals surface area contributed by atoms with Gasteiger partial charge in [-0.3, -0.25) is 4.90 Å². The van der Waals surface area contributed by atoms with E-state index >= 15 is 0 Å². The van der Waals surface area contributed by atoms with Crippen LogP contribution in [0.5, 0.6) is 5.75 Å². The van der Waals surface area contributed by atoms with E-state index in [2.05, 4.69) is 35.3 Å². The number of benzene rings is 1. The van der Waals surface area contributed by atoms with Gasteiger partial charge in [0.1, 0.15) is 5.75 Å². The minimum atomic E-state index is 0.762. The predicted octanol–water partition coefficient (Wildman–Crippen LogP) is 3.18. The summed E-state index contributed by atoms with van der Waals surface area (Å²) in [7, 11) is 3.75. The van der Waals surface area contributed by atoms with E-state index in [1.165, 1.54) is 36.8 Å². The summed E-state index contributed by atoms with van der Waals surface area (Å²) in [5, 5.41) is 3.22. The maximum atomic E-state index is 5.54. The van der Waals surface area contributed by atoms with Crippen LogP contribution in [0.25, 0.3) is 0 Å². The Kier molecular flexibility index (Phi) is 5.86. The first-order chi connectivity index (χ1) is 9.78. The Bertz CT molecular complexity index is 413. The van der Waals surface area contributed by atoms with E-state index in [1.54, 1.807) is 7.11 Å². The lowest BCUT2D eigenvalue weighted by Gasteiger charge is -2.28. The smallest absolute Gasteiger partial charge is 0.123 e. The van der Waals surface area contributed by atoms with Crippen molar-refractivity contribution in [1.82, 2.24) is 10.2 Å². The van der Waals surface area contributed by atoms with Crippen molar-refractivity contribution >= 4 is 0 Å². The van der Waals surface area contributed by atoms with Crippen LogP contribution in [0, 0.1) is 0 Å². The first kappa shape index (κ1) is 15.3. The molecule has 0 unspecified atom stereocenters. The lowest BCUT2D eigenvalue weighted by Crippen LogP contribution is -2.32. The van der Waals surface area contributed by atoms with Crippen molar-refractivity contribution in [2.45, 2.75) is 51.7 Å². The SMILES string of the molecule is CCN(Cc1cc(CNC)ccc1OC)C1CCCC1. The number of nitrogens with one attached hydrogen (secondary N) is 1. The van der Waals surface area contributed by atoms with Crippen LogP contribution >= 0.6 is 0 Å². The largest absolute Gasteiger partial charge is 0.496 e. The Morgan fingerprint density at radius 1 is 1.30 bits per heavy atom. The van der Waals surface area contributed by atoms with E-state index in [0.29, 0.717) is 0 Å². The minimum Gasteiger partial charge on any atom is -0.496 e. The molecule has 0 radical (unpaired) electrons. The van der Waals surface area contributed by atoms with E-state index in [9.17, 15) is 0 Å². The lowest BCUT2D eigenvalue weighted by atomic mass is 10.1. The van der Waals surface area contributed by atoms with Gasteiger partial charge >= 0.3 is 0 Å². The summed E-state index contributed by atoms with van der Waals surface area (Å²) in [6, 6.07) is 7.29. The average Bonchev–Trinajstić information content (AvgIpc) is 2.99. The molecule has 0 saturated heterocycles. The molecule has 0 heterocycles. The Morgan fingerprint density at radius 2 is 2.05 bits per heavy atom. The van der Waals surface area contributed by atoms with Crippen LogP contribution in [0.15, 0.2) is 18.2 Å². The summed E-state index contributed by atoms with van der Waals surface area (Å²) < 4.78 is 5.54. The number of hydrogen-bond donors (Lipinski definition) is 1. The Balaban J connectivity index is 2.13. The van der Waals surface area contributed by atoms with E-state index in [1.807, 2.05) is 7.05 Å². The third-order valence-electron chi connectivity index (χ3n) is 4.35. The average molecular weight is 276 g/mol. The molecular formula is C17H28N2O. The molecule has 1 N–H and O–H groups in total. The maximum absolute atomic E-state index is 5.54. The number of rotatable bonds is 7. The van der Waals surface area contributed by atoms with Gasteiger partial charge in [0.05, 0.1) is 7.11 Å². The van der Waals surface area contributed by atoms with Crippen LogP contribution in [0.4, 0.5) is 0 Å². The van der Waals surface area contributed by atoms with Gasteiger partial charge in [0, 0.05) is 24.7 Å². The molecule has 0 spiro atoms. The molecule has 0 aliphatic heterocycles. The fourth-order valence-corrected chi connectivity index (χ4v) is 3.26. The van der Waals surface area contributed by atoms with Gasteiger partial charge < -0.3 is 10.1 Å². The highest BCUT2D eigenvalue weighted by Gasteiger charge is 2.22. The molecule has 2 rings (SSSR count). The van der Waals surface area contributed by atoms with Crippen molar-refractivity contribution in [3.05, 3.63) is 29.3 Å². The van der Waals surface area contributed by atoms with Crippen molar-refractivity contribution in [3.8, 4) is 5.75 Å². The first-order valence-electron chi connectivity index (χ1n) is 7.83. The Labute approximate surface area is 123 Å². The molecule has 20 heavy (non-hydrogen) atoms. The number of ether oxygens (including phenoxy) is 1. The van der Waals surface area contributed by atoms with Crippen molar-refractivity contribution in [3.63, 3.8) is 0 Å². The van der Waals surface area contributed by atoms with Crippen molar-refractivity contribution < 1.29 is 4.74 Å². The van der Waals surface area contributed by atoms with Gasteiger partial charge in [-0.05, 0) is 44.1 Å². The summed E-state index contributed by atoms with van der Waals surface area (Å²) in [5.74, 6) is 1.02. The monoisotopic (exact) mass is 276 g/mol. The van der Waals surface area contributed by atoms with Crippen LogP contribution in [-0.2, 0) is 13.1 Å². The van der Waals surface area contributed by atoms with Crippen molar-refractivity contribution in [2.75, 3.05) is 20.7 Å². The quantitative estimate of drug-likeness (QED) is 0.828. The molecule has 3 heteroatoms. The highest BCUT2D eigenvalue weighted by atomic mass is 16.5. The molecule has 1 fully saturated rings. The van der Waals surface area contributed by atoms with Crippen molar-refractivity contribution in [2.24, 2.45) is 0 Å². The molecule has 1 saturated carbocycles. The van der Waals surface area contributed by atoms with Crippen molar-refractivity contribution in [1.29, 1.82) is 0 Å². The molecule has 0 amide bonds. The second kappa shape index (κ2) is 7.65. The van der Waals surface area contributed by atoms with E-state index < -0.39 is 0 Å². The maximum Gasteiger partial charge on any atom is 0.123 e. The molecule has 1 aliphatic carbocycles. The molecule has 0 bridgehead atoms. The van der Waals surface area contributed by atoms with Crippen LogP contribution in [-0.4, -0.2) is 31.6 Å². The highest BCUT2D eigenvalue weighted by Crippen LogP contribution is 2.27. The Hall–Kier alpha value is -1.06. The lowest BCUT2D eigenvalue weighted by molar-refractivity contribution is 0.198. The Morgan fingerprint density at radius 3 is 2.65 bits per heavy atom. The molecule has 0 aromatic heterocycles.